The zero-order chi connectivity index (χ0) is 16.1. The molecule has 3 rings (SSSR count). The summed E-state index contributed by atoms with van der Waals surface area (Å²) in [6.45, 7) is 3.95. The predicted molar refractivity (Wildman–Crippen MR) is 91.9 cm³/mol. The fourth-order valence-electron chi connectivity index (χ4n) is 2.87. The molecule has 0 radical (unpaired) electrons. The van der Waals surface area contributed by atoms with Crippen molar-refractivity contribution in [2.45, 2.75) is 32.4 Å². The molecule has 2 aromatic rings. The first-order valence-corrected chi connectivity index (χ1v) is 8.82. The second-order valence-electron chi connectivity index (χ2n) is 5.42. The SMILES string of the molecule is CCOc1ccccc1CNC(=O)[C@@H]1CCCN1c1nccs1. The zero-order valence-corrected chi connectivity index (χ0v) is 14.0. The maximum absolute atomic E-state index is 12.6. The van der Waals surface area contributed by atoms with Gasteiger partial charge in [0.1, 0.15) is 11.8 Å². The molecule has 1 saturated heterocycles. The van der Waals surface area contributed by atoms with Gasteiger partial charge < -0.3 is 15.0 Å². The summed E-state index contributed by atoms with van der Waals surface area (Å²) in [6.07, 6.45) is 3.68. The first-order valence-electron chi connectivity index (χ1n) is 7.94. The van der Waals surface area contributed by atoms with E-state index in [2.05, 4.69) is 15.2 Å². The van der Waals surface area contributed by atoms with Gasteiger partial charge in [-0.2, -0.15) is 0 Å². The van der Waals surface area contributed by atoms with Crippen LogP contribution in [-0.2, 0) is 11.3 Å². The van der Waals surface area contributed by atoms with Crippen molar-refractivity contribution in [3.63, 3.8) is 0 Å². The molecule has 0 unspecified atom stereocenters. The highest BCUT2D eigenvalue weighted by Gasteiger charge is 2.32. The number of carbonyl (C=O) groups excluding carboxylic acids is 1. The molecule has 1 atom stereocenters. The van der Waals surface area contributed by atoms with Crippen LogP contribution in [0, 0.1) is 0 Å². The van der Waals surface area contributed by atoms with E-state index in [4.69, 9.17) is 4.74 Å². The average Bonchev–Trinajstić information content (AvgIpc) is 3.24. The van der Waals surface area contributed by atoms with Gasteiger partial charge in [-0.05, 0) is 25.8 Å². The third-order valence-corrected chi connectivity index (χ3v) is 4.75. The smallest absolute Gasteiger partial charge is 0.243 e. The van der Waals surface area contributed by atoms with Crippen molar-refractivity contribution in [3.05, 3.63) is 41.4 Å². The van der Waals surface area contributed by atoms with E-state index >= 15 is 0 Å². The number of thiazole rings is 1. The number of ether oxygens (including phenoxy) is 1. The molecule has 1 aromatic carbocycles. The summed E-state index contributed by atoms with van der Waals surface area (Å²) >= 11 is 1.58. The number of aromatic nitrogens is 1. The number of para-hydroxylation sites is 1. The molecular formula is C17H21N3O2S. The van der Waals surface area contributed by atoms with Crippen molar-refractivity contribution in [2.24, 2.45) is 0 Å². The molecule has 5 nitrogen and oxygen atoms in total. The fraction of sp³-hybridized carbons (Fsp3) is 0.412. The Morgan fingerprint density at radius 3 is 3.13 bits per heavy atom. The lowest BCUT2D eigenvalue weighted by Crippen LogP contribution is -2.43. The van der Waals surface area contributed by atoms with E-state index in [9.17, 15) is 4.79 Å². The van der Waals surface area contributed by atoms with Crippen LogP contribution in [0.1, 0.15) is 25.3 Å². The molecule has 6 heteroatoms. The zero-order valence-electron chi connectivity index (χ0n) is 13.2. The molecule has 0 bridgehead atoms. The number of benzene rings is 1. The highest BCUT2D eigenvalue weighted by molar-refractivity contribution is 7.13. The van der Waals surface area contributed by atoms with Gasteiger partial charge in [0.25, 0.3) is 0 Å². The number of hydrogen-bond acceptors (Lipinski definition) is 5. The molecule has 122 valence electrons. The van der Waals surface area contributed by atoms with Crippen LogP contribution >= 0.6 is 11.3 Å². The monoisotopic (exact) mass is 331 g/mol. The highest BCUT2D eigenvalue weighted by atomic mass is 32.1. The van der Waals surface area contributed by atoms with Gasteiger partial charge in [0, 0.05) is 30.2 Å². The van der Waals surface area contributed by atoms with Crippen molar-refractivity contribution in [2.75, 3.05) is 18.1 Å². The van der Waals surface area contributed by atoms with E-state index in [1.165, 1.54) is 0 Å². The van der Waals surface area contributed by atoms with Crippen LogP contribution in [0.3, 0.4) is 0 Å². The predicted octanol–water partition coefficient (Wildman–Crippen LogP) is 2.83. The van der Waals surface area contributed by atoms with Crippen molar-refractivity contribution >= 4 is 22.4 Å². The average molecular weight is 331 g/mol. The molecule has 0 spiro atoms. The Bertz CT molecular complexity index is 645. The third kappa shape index (κ3) is 3.64. The van der Waals surface area contributed by atoms with Crippen molar-refractivity contribution in [1.29, 1.82) is 0 Å². The Kier molecular flexibility index (Phi) is 5.12. The second-order valence-corrected chi connectivity index (χ2v) is 6.30. The molecule has 1 N–H and O–H groups in total. The standard InChI is InChI=1S/C17H21N3O2S/c1-2-22-15-8-4-3-6-13(15)12-19-16(21)14-7-5-10-20(14)17-18-9-11-23-17/h3-4,6,8-9,11,14H,2,5,7,10,12H2,1H3,(H,19,21)/t14-/m0/s1. The first-order chi connectivity index (χ1) is 11.3. The summed E-state index contributed by atoms with van der Waals surface area (Å²) in [5.41, 5.74) is 1.00. The molecule has 1 fully saturated rings. The lowest BCUT2D eigenvalue weighted by atomic mass is 10.1. The molecule has 23 heavy (non-hydrogen) atoms. The van der Waals surface area contributed by atoms with Gasteiger partial charge in [0.05, 0.1) is 6.61 Å². The van der Waals surface area contributed by atoms with Crippen molar-refractivity contribution < 1.29 is 9.53 Å². The van der Waals surface area contributed by atoms with E-state index in [0.717, 1.165) is 35.8 Å². The van der Waals surface area contributed by atoms with Gasteiger partial charge in [0.2, 0.25) is 5.91 Å². The van der Waals surface area contributed by atoms with E-state index in [1.54, 1.807) is 17.5 Å². The minimum atomic E-state index is -0.125. The van der Waals surface area contributed by atoms with E-state index < -0.39 is 0 Å². The topological polar surface area (TPSA) is 54.5 Å². The number of nitrogens with one attached hydrogen (secondary N) is 1. The Labute approximate surface area is 140 Å². The number of carbonyl (C=O) groups is 1. The van der Waals surface area contributed by atoms with Crippen LogP contribution in [0.2, 0.25) is 0 Å². The molecule has 0 aliphatic carbocycles. The molecule has 1 amide bonds. The van der Waals surface area contributed by atoms with E-state index in [0.29, 0.717) is 13.2 Å². The number of nitrogens with zero attached hydrogens (tertiary/aromatic N) is 2. The Balaban J connectivity index is 1.63. The molecule has 1 aromatic heterocycles. The summed E-state index contributed by atoms with van der Waals surface area (Å²) in [5, 5.41) is 5.92. The Hall–Kier alpha value is -2.08. The van der Waals surface area contributed by atoms with Gasteiger partial charge in [-0.25, -0.2) is 4.98 Å². The summed E-state index contributed by atoms with van der Waals surface area (Å²) in [4.78, 5) is 19.0. The van der Waals surface area contributed by atoms with Crippen LogP contribution < -0.4 is 15.0 Å². The minimum Gasteiger partial charge on any atom is -0.494 e. The largest absolute Gasteiger partial charge is 0.494 e. The van der Waals surface area contributed by atoms with Gasteiger partial charge in [-0.15, -0.1) is 11.3 Å². The van der Waals surface area contributed by atoms with Gasteiger partial charge in [0.15, 0.2) is 5.13 Å². The van der Waals surface area contributed by atoms with Crippen LogP contribution in [-0.4, -0.2) is 30.1 Å². The summed E-state index contributed by atoms with van der Waals surface area (Å²) in [5.74, 6) is 0.891. The Morgan fingerprint density at radius 2 is 2.35 bits per heavy atom. The number of amides is 1. The quantitative estimate of drug-likeness (QED) is 0.884. The number of anilines is 1. The van der Waals surface area contributed by atoms with Gasteiger partial charge in [-0.1, -0.05) is 18.2 Å². The number of rotatable bonds is 6. The van der Waals surface area contributed by atoms with Crippen LogP contribution in [0.4, 0.5) is 5.13 Å². The second kappa shape index (κ2) is 7.46. The van der Waals surface area contributed by atoms with Gasteiger partial charge >= 0.3 is 0 Å². The normalized spacial score (nSPS) is 17.3. The Morgan fingerprint density at radius 1 is 1.48 bits per heavy atom. The lowest BCUT2D eigenvalue weighted by Gasteiger charge is -2.23. The van der Waals surface area contributed by atoms with E-state index in [-0.39, 0.29) is 11.9 Å². The van der Waals surface area contributed by atoms with Crippen LogP contribution in [0.5, 0.6) is 5.75 Å². The van der Waals surface area contributed by atoms with Crippen LogP contribution in [0.25, 0.3) is 0 Å². The van der Waals surface area contributed by atoms with Crippen molar-refractivity contribution in [3.8, 4) is 5.75 Å². The summed E-state index contributed by atoms with van der Waals surface area (Å²) < 4.78 is 5.60. The third-order valence-electron chi connectivity index (χ3n) is 3.95. The molecular weight excluding hydrogens is 310 g/mol. The van der Waals surface area contributed by atoms with E-state index in [1.807, 2.05) is 36.6 Å². The number of hydrogen-bond donors (Lipinski definition) is 1. The maximum Gasteiger partial charge on any atom is 0.243 e. The van der Waals surface area contributed by atoms with Crippen molar-refractivity contribution in [1.82, 2.24) is 10.3 Å². The van der Waals surface area contributed by atoms with Crippen LogP contribution in [0.15, 0.2) is 35.8 Å². The first kappa shape index (κ1) is 15.8. The highest BCUT2D eigenvalue weighted by Crippen LogP contribution is 2.27. The molecule has 1 aliphatic heterocycles. The summed E-state index contributed by atoms with van der Waals surface area (Å²) in [6, 6.07) is 7.69. The molecule has 1 aliphatic rings. The molecule has 2 heterocycles. The summed E-state index contributed by atoms with van der Waals surface area (Å²) in [7, 11) is 0. The van der Waals surface area contributed by atoms with Gasteiger partial charge in [-0.3, -0.25) is 4.79 Å². The lowest BCUT2D eigenvalue weighted by molar-refractivity contribution is -0.122. The molecule has 0 saturated carbocycles. The maximum atomic E-state index is 12.6. The minimum absolute atomic E-state index is 0.0593. The fourth-order valence-corrected chi connectivity index (χ4v) is 3.59.